The predicted octanol–water partition coefficient (Wildman–Crippen LogP) is 4.14. The second-order valence-electron chi connectivity index (χ2n) is 8.06. The van der Waals surface area contributed by atoms with Gasteiger partial charge in [0.15, 0.2) is 11.0 Å². The molecule has 0 spiro atoms. The van der Waals surface area contributed by atoms with Gasteiger partial charge in [0, 0.05) is 24.3 Å². The van der Waals surface area contributed by atoms with Gasteiger partial charge in [-0.05, 0) is 38.8 Å². The van der Waals surface area contributed by atoms with E-state index in [-0.39, 0.29) is 23.5 Å². The number of aromatic nitrogens is 3. The van der Waals surface area contributed by atoms with Gasteiger partial charge in [-0.25, -0.2) is 0 Å². The lowest BCUT2D eigenvalue weighted by atomic mass is 9.98. The molecule has 7 nitrogen and oxygen atoms in total. The number of rotatable bonds is 7. The molecule has 0 N–H and O–H groups in total. The summed E-state index contributed by atoms with van der Waals surface area (Å²) in [5, 5.41) is 9.51. The zero-order valence-corrected chi connectivity index (χ0v) is 19.8. The lowest BCUT2D eigenvalue weighted by Crippen LogP contribution is -2.43. The van der Waals surface area contributed by atoms with E-state index in [1.54, 1.807) is 11.8 Å². The van der Waals surface area contributed by atoms with Crippen LogP contribution in [0.2, 0.25) is 0 Å². The van der Waals surface area contributed by atoms with Crippen LogP contribution in [0.4, 0.5) is 0 Å². The predicted molar refractivity (Wildman–Crippen MR) is 128 cm³/mol. The van der Waals surface area contributed by atoms with E-state index in [0.717, 1.165) is 29.9 Å². The summed E-state index contributed by atoms with van der Waals surface area (Å²) >= 11 is 1.36. The van der Waals surface area contributed by atoms with Crippen molar-refractivity contribution >= 4 is 23.6 Å². The quantitative estimate of drug-likeness (QED) is 0.386. The Morgan fingerprint density at radius 3 is 2.58 bits per heavy atom. The first-order valence-electron chi connectivity index (χ1n) is 11.2. The van der Waals surface area contributed by atoms with E-state index in [0.29, 0.717) is 24.9 Å². The number of piperidine rings is 1. The van der Waals surface area contributed by atoms with E-state index in [1.165, 1.54) is 17.3 Å². The van der Waals surface area contributed by atoms with Crippen molar-refractivity contribution in [2.24, 2.45) is 5.92 Å². The lowest BCUT2D eigenvalue weighted by Gasteiger charge is -2.31. The number of hydrogen-bond donors (Lipinski definition) is 0. The normalized spacial score (nSPS) is 15.9. The molecule has 1 atom stereocenters. The monoisotopic (exact) mass is 464 g/mol. The molecule has 2 heterocycles. The van der Waals surface area contributed by atoms with Gasteiger partial charge in [-0.3, -0.25) is 14.2 Å². The van der Waals surface area contributed by atoms with Crippen molar-refractivity contribution in [2.75, 3.05) is 25.4 Å². The number of thioether (sulfide) groups is 1. The molecule has 1 aliphatic heterocycles. The largest absolute Gasteiger partial charge is 0.466 e. The fourth-order valence-electron chi connectivity index (χ4n) is 3.94. The number of para-hydroxylation sites is 1. The van der Waals surface area contributed by atoms with Gasteiger partial charge in [0.2, 0.25) is 5.91 Å². The molecule has 33 heavy (non-hydrogen) atoms. The second kappa shape index (κ2) is 10.7. The average Bonchev–Trinajstić information content (AvgIpc) is 3.27. The molecule has 1 aromatic heterocycles. The van der Waals surface area contributed by atoms with Gasteiger partial charge in [0.1, 0.15) is 0 Å². The first-order chi connectivity index (χ1) is 16.1. The Bertz CT molecular complexity index is 1100. The maximum atomic E-state index is 13.0. The van der Waals surface area contributed by atoms with Gasteiger partial charge in [-0.15, -0.1) is 10.2 Å². The van der Waals surface area contributed by atoms with Crippen LogP contribution in [0.3, 0.4) is 0 Å². The molecule has 1 saturated heterocycles. The summed E-state index contributed by atoms with van der Waals surface area (Å²) in [5.74, 6) is 0.502. The molecule has 3 aromatic rings. The standard InChI is InChI=1S/C25H28N4O3S/c1-3-32-24(31)20-8-7-15-28(16-20)22(30)17-33-25-27-26-23(19-13-11-18(2)12-14-19)29(25)21-9-5-4-6-10-21/h4-6,9-14,20H,3,7-8,15-17H2,1-2H3. The third kappa shape index (κ3) is 5.45. The van der Waals surface area contributed by atoms with E-state index in [9.17, 15) is 9.59 Å². The van der Waals surface area contributed by atoms with E-state index in [1.807, 2.05) is 66.1 Å². The van der Waals surface area contributed by atoms with Crippen LogP contribution in [-0.4, -0.2) is 57.0 Å². The molecule has 0 bridgehead atoms. The molecule has 4 rings (SSSR count). The molecule has 2 aromatic carbocycles. The van der Waals surface area contributed by atoms with Gasteiger partial charge in [-0.1, -0.05) is 59.8 Å². The second-order valence-corrected chi connectivity index (χ2v) is 9.01. The van der Waals surface area contributed by atoms with Crippen molar-refractivity contribution in [1.29, 1.82) is 0 Å². The Morgan fingerprint density at radius 2 is 1.85 bits per heavy atom. The molecule has 172 valence electrons. The summed E-state index contributed by atoms with van der Waals surface area (Å²) in [5.41, 5.74) is 3.07. The van der Waals surface area contributed by atoms with Gasteiger partial charge in [0.25, 0.3) is 0 Å². The minimum atomic E-state index is -0.242. The van der Waals surface area contributed by atoms with Crippen LogP contribution in [-0.2, 0) is 14.3 Å². The first kappa shape index (κ1) is 23.0. The number of benzene rings is 2. The number of ether oxygens (including phenoxy) is 1. The Kier molecular flexibility index (Phi) is 7.44. The SMILES string of the molecule is CCOC(=O)C1CCCN(C(=O)CSc2nnc(-c3ccc(C)cc3)n2-c2ccccc2)C1. The van der Waals surface area contributed by atoms with Crippen molar-refractivity contribution in [3.05, 3.63) is 60.2 Å². The van der Waals surface area contributed by atoms with Crippen LogP contribution in [0.25, 0.3) is 17.1 Å². The minimum absolute atomic E-state index is 0.00602. The first-order valence-corrected chi connectivity index (χ1v) is 12.2. The van der Waals surface area contributed by atoms with Crippen LogP contribution < -0.4 is 0 Å². The third-order valence-corrected chi connectivity index (χ3v) is 6.59. The molecule has 0 aliphatic carbocycles. The van der Waals surface area contributed by atoms with Crippen molar-refractivity contribution in [2.45, 2.75) is 31.8 Å². The Hall–Kier alpha value is -3.13. The van der Waals surface area contributed by atoms with E-state index in [4.69, 9.17) is 4.74 Å². The summed E-state index contributed by atoms with van der Waals surface area (Å²) < 4.78 is 7.14. The van der Waals surface area contributed by atoms with Gasteiger partial charge in [-0.2, -0.15) is 0 Å². The molecule has 8 heteroatoms. The summed E-state index contributed by atoms with van der Waals surface area (Å²) in [6.45, 7) is 5.28. The maximum Gasteiger partial charge on any atom is 0.310 e. The highest BCUT2D eigenvalue weighted by Gasteiger charge is 2.29. The number of nitrogens with zero attached hydrogens (tertiary/aromatic N) is 4. The summed E-state index contributed by atoms with van der Waals surface area (Å²) in [4.78, 5) is 26.8. The smallest absolute Gasteiger partial charge is 0.310 e. The summed E-state index contributed by atoms with van der Waals surface area (Å²) in [7, 11) is 0. The number of amides is 1. The minimum Gasteiger partial charge on any atom is -0.466 e. The lowest BCUT2D eigenvalue weighted by molar-refractivity contribution is -0.151. The fourth-order valence-corrected chi connectivity index (χ4v) is 4.79. The van der Waals surface area contributed by atoms with Crippen LogP contribution in [0, 0.1) is 12.8 Å². The Morgan fingerprint density at radius 1 is 1.09 bits per heavy atom. The molecule has 0 saturated carbocycles. The number of hydrogen-bond acceptors (Lipinski definition) is 6. The van der Waals surface area contributed by atoms with Crippen molar-refractivity contribution in [3.8, 4) is 17.1 Å². The van der Waals surface area contributed by atoms with Gasteiger partial charge >= 0.3 is 5.97 Å². The van der Waals surface area contributed by atoms with Crippen molar-refractivity contribution < 1.29 is 14.3 Å². The van der Waals surface area contributed by atoms with Crippen LogP contribution in [0.15, 0.2) is 59.8 Å². The maximum absolute atomic E-state index is 13.0. The fraction of sp³-hybridized carbons (Fsp3) is 0.360. The molecular formula is C25H28N4O3S. The molecule has 1 unspecified atom stereocenters. The van der Waals surface area contributed by atoms with Crippen LogP contribution in [0.1, 0.15) is 25.3 Å². The van der Waals surface area contributed by atoms with Crippen LogP contribution in [0.5, 0.6) is 0 Å². The molecule has 1 aliphatic rings. The number of likely N-dealkylation sites (tertiary alicyclic amines) is 1. The zero-order chi connectivity index (χ0) is 23.2. The number of esters is 1. The molecule has 1 amide bonds. The Balaban J connectivity index is 1.52. The highest BCUT2D eigenvalue weighted by Crippen LogP contribution is 2.29. The van der Waals surface area contributed by atoms with E-state index >= 15 is 0 Å². The average molecular weight is 465 g/mol. The highest BCUT2D eigenvalue weighted by molar-refractivity contribution is 7.99. The molecule has 1 fully saturated rings. The van der Waals surface area contributed by atoms with E-state index in [2.05, 4.69) is 10.2 Å². The van der Waals surface area contributed by atoms with Crippen molar-refractivity contribution in [3.63, 3.8) is 0 Å². The third-order valence-electron chi connectivity index (χ3n) is 5.68. The molecular weight excluding hydrogens is 436 g/mol. The van der Waals surface area contributed by atoms with Gasteiger partial charge in [0.05, 0.1) is 18.3 Å². The summed E-state index contributed by atoms with van der Waals surface area (Å²) in [6.07, 6.45) is 1.57. The Labute approximate surface area is 198 Å². The van der Waals surface area contributed by atoms with E-state index < -0.39 is 0 Å². The van der Waals surface area contributed by atoms with Crippen LogP contribution >= 0.6 is 11.8 Å². The van der Waals surface area contributed by atoms with Crippen molar-refractivity contribution in [1.82, 2.24) is 19.7 Å². The highest BCUT2D eigenvalue weighted by atomic mass is 32.2. The van der Waals surface area contributed by atoms with Gasteiger partial charge < -0.3 is 9.64 Å². The topological polar surface area (TPSA) is 77.3 Å². The number of carbonyl (C=O) groups is 2. The molecule has 0 radical (unpaired) electrons. The number of aryl methyl sites for hydroxylation is 1. The zero-order valence-electron chi connectivity index (χ0n) is 18.9. The summed E-state index contributed by atoms with van der Waals surface area (Å²) in [6, 6.07) is 18.1. The number of carbonyl (C=O) groups excluding carboxylic acids is 2.